The molecule has 2 amide bonds. The summed E-state index contributed by atoms with van der Waals surface area (Å²) in [5.74, 6) is -0.593. The number of rotatable bonds is 7. The highest BCUT2D eigenvalue weighted by Crippen LogP contribution is 2.24. The Bertz CT molecular complexity index is 341. The summed E-state index contributed by atoms with van der Waals surface area (Å²) in [6, 6.07) is -0.121. The van der Waals surface area contributed by atoms with Gasteiger partial charge in [-0.2, -0.15) is 0 Å². The molecule has 6 heteroatoms. The third kappa shape index (κ3) is 5.91. The van der Waals surface area contributed by atoms with Crippen LogP contribution in [0.2, 0.25) is 0 Å². The van der Waals surface area contributed by atoms with Crippen molar-refractivity contribution in [1.29, 1.82) is 0 Å². The maximum absolute atomic E-state index is 11.9. The van der Waals surface area contributed by atoms with Gasteiger partial charge in [0.1, 0.15) is 0 Å². The average Bonchev–Trinajstić information content (AvgIpc) is 2.48. The quantitative estimate of drug-likeness (QED) is 0.671. The van der Waals surface area contributed by atoms with Crippen molar-refractivity contribution in [3.63, 3.8) is 0 Å². The number of hydrogen-bond donors (Lipinski definition) is 3. The van der Waals surface area contributed by atoms with Crippen molar-refractivity contribution in [2.45, 2.75) is 58.1 Å². The van der Waals surface area contributed by atoms with Gasteiger partial charge >= 0.3 is 12.0 Å². The van der Waals surface area contributed by atoms with E-state index in [1.54, 1.807) is 7.11 Å². The van der Waals surface area contributed by atoms with Crippen LogP contribution in [0.4, 0.5) is 4.79 Å². The van der Waals surface area contributed by atoms with Crippen molar-refractivity contribution in [1.82, 2.24) is 10.6 Å². The Morgan fingerprint density at radius 2 is 1.90 bits per heavy atom. The fourth-order valence-corrected chi connectivity index (χ4v) is 2.69. The fourth-order valence-electron chi connectivity index (χ4n) is 2.69. The van der Waals surface area contributed by atoms with Crippen LogP contribution in [0.3, 0.4) is 0 Å². The van der Waals surface area contributed by atoms with Crippen LogP contribution in [0.15, 0.2) is 0 Å². The van der Waals surface area contributed by atoms with E-state index < -0.39 is 5.97 Å². The van der Waals surface area contributed by atoms with Crippen molar-refractivity contribution < 1.29 is 19.4 Å². The molecule has 2 unspecified atom stereocenters. The number of carboxylic acids is 1. The van der Waals surface area contributed by atoms with Gasteiger partial charge in [-0.3, -0.25) is 4.79 Å². The lowest BCUT2D eigenvalue weighted by atomic mass is 9.86. The minimum Gasteiger partial charge on any atom is -0.481 e. The molecule has 6 nitrogen and oxygen atoms in total. The maximum Gasteiger partial charge on any atom is 0.315 e. The first-order valence-electron chi connectivity index (χ1n) is 7.77. The molecule has 3 N–H and O–H groups in total. The zero-order valence-corrected chi connectivity index (χ0v) is 13.2. The third-order valence-corrected chi connectivity index (χ3v) is 4.46. The second-order valence-corrected chi connectivity index (χ2v) is 5.90. The van der Waals surface area contributed by atoms with Crippen LogP contribution in [-0.4, -0.2) is 42.9 Å². The Morgan fingerprint density at radius 3 is 2.38 bits per heavy atom. The molecule has 0 bridgehead atoms. The first-order chi connectivity index (χ1) is 9.97. The standard InChI is InChI=1S/C15H28N2O4/c1-4-10(2)13(21-3)9-16-15(20)17-12-7-5-11(6-8-12)14(18)19/h10-13H,4-9H2,1-3H3,(H,18,19)(H2,16,17,20). The monoisotopic (exact) mass is 300 g/mol. The van der Waals surface area contributed by atoms with E-state index >= 15 is 0 Å². The Kier molecular flexibility index (Phi) is 7.50. The fraction of sp³-hybridized carbons (Fsp3) is 0.867. The molecule has 0 spiro atoms. The number of ether oxygens (including phenoxy) is 1. The molecule has 2 atom stereocenters. The minimum atomic E-state index is -0.727. The van der Waals surface area contributed by atoms with Crippen molar-refractivity contribution in [3.8, 4) is 0 Å². The van der Waals surface area contributed by atoms with Crippen LogP contribution in [0.25, 0.3) is 0 Å². The van der Waals surface area contributed by atoms with E-state index in [9.17, 15) is 9.59 Å². The Morgan fingerprint density at radius 1 is 1.29 bits per heavy atom. The van der Waals surface area contributed by atoms with Gasteiger partial charge in [-0.1, -0.05) is 20.3 Å². The van der Waals surface area contributed by atoms with Crippen LogP contribution in [0.1, 0.15) is 46.0 Å². The number of aliphatic carboxylic acids is 1. The molecule has 1 aliphatic rings. The topological polar surface area (TPSA) is 87.7 Å². The summed E-state index contributed by atoms with van der Waals surface area (Å²) >= 11 is 0. The Labute approximate surface area is 126 Å². The van der Waals surface area contributed by atoms with E-state index in [1.165, 1.54) is 0 Å². The van der Waals surface area contributed by atoms with Gasteiger partial charge in [-0.15, -0.1) is 0 Å². The second kappa shape index (κ2) is 8.87. The van der Waals surface area contributed by atoms with Crippen molar-refractivity contribution in [2.75, 3.05) is 13.7 Å². The first-order valence-corrected chi connectivity index (χ1v) is 7.77. The number of amides is 2. The number of carbonyl (C=O) groups excluding carboxylic acids is 1. The number of carbonyl (C=O) groups is 2. The molecule has 1 fully saturated rings. The molecule has 0 heterocycles. The lowest BCUT2D eigenvalue weighted by Gasteiger charge is -2.27. The Balaban J connectivity index is 2.27. The minimum absolute atomic E-state index is 0.0171. The smallest absolute Gasteiger partial charge is 0.315 e. The molecular formula is C15H28N2O4. The third-order valence-electron chi connectivity index (χ3n) is 4.46. The number of urea groups is 1. The molecular weight excluding hydrogens is 272 g/mol. The molecule has 0 aromatic rings. The number of hydrogen-bond acceptors (Lipinski definition) is 3. The number of nitrogens with one attached hydrogen (secondary N) is 2. The average molecular weight is 300 g/mol. The van der Waals surface area contributed by atoms with Crippen LogP contribution < -0.4 is 10.6 Å². The highest BCUT2D eigenvalue weighted by molar-refractivity contribution is 5.74. The molecule has 1 aliphatic carbocycles. The predicted molar refractivity (Wildman–Crippen MR) is 80.2 cm³/mol. The Hall–Kier alpha value is -1.30. The van der Waals surface area contributed by atoms with E-state index in [0.29, 0.717) is 25.3 Å². The van der Waals surface area contributed by atoms with Crippen molar-refractivity contribution >= 4 is 12.0 Å². The molecule has 0 aromatic carbocycles. The summed E-state index contributed by atoms with van der Waals surface area (Å²) in [6.45, 7) is 4.68. The second-order valence-electron chi connectivity index (χ2n) is 5.90. The van der Waals surface area contributed by atoms with Gasteiger partial charge < -0.3 is 20.5 Å². The summed E-state index contributed by atoms with van der Waals surface area (Å²) in [5, 5.41) is 14.7. The SMILES string of the molecule is CCC(C)C(CNC(=O)NC1CCC(C(=O)O)CC1)OC. The van der Waals surface area contributed by atoms with E-state index in [1.807, 2.05) is 0 Å². The predicted octanol–water partition coefficient (Wildman–Crippen LogP) is 1.99. The molecule has 0 saturated heterocycles. The molecule has 0 aliphatic heterocycles. The van der Waals surface area contributed by atoms with Gasteiger partial charge in [0.2, 0.25) is 0 Å². The van der Waals surface area contributed by atoms with E-state index in [2.05, 4.69) is 24.5 Å². The summed E-state index contributed by atoms with van der Waals surface area (Å²) in [7, 11) is 1.66. The normalized spacial score (nSPS) is 24.9. The van der Waals surface area contributed by atoms with Gasteiger partial charge in [0.15, 0.2) is 0 Å². The zero-order chi connectivity index (χ0) is 15.8. The van der Waals surface area contributed by atoms with Crippen molar-refractivity contribution in [2.24, 2.45) is 11.8 Å². The van der Waals surface area contributed by atoms with Gasteiger partial charge in [0.25, 0.3) is 0 Å². The van der Waals surface area contributed by atoms with Crippen LogP contribution >= 0.6 is 0 Å². The molecule has 1 saturated carbocycles. The molecule has 1 rings (SSSR count). The molecule has 21 heavy (non-hydrogen) atoms. The van der Waals surface area contributed by atoms with Crippen LogP contribution in [-0.2, 0) is 9.53 Å². The largest absolute Gasteiger partial charge is 0.481 e. The van der Waals surface area contributed by atoms with Crippen molar-refractivity contribution in [3.05, 3.63) is 0 Å². The van der Waals surface area contributed by atoms with Crippen LogP contribution in [0.5, 0.6) is 0 Å². The molecule has 0 aromatic heterocycles. The van der Waals surface area contributed by atoms with Gasteiger partial charge in [0.05, 0.1) is 12.0 Å². The summed E-state index contributed by atoms with van der Waals surface area (Å²) in [6.07, 6.45) is 3.73. The molecule has 122 valence electrons. The van der Waals surface area contributed by atoms with Gasteiger partial charge in [0, 0.05) is 19.7 Å². The van der Waals surface area contributed by atoms with E-state index in [4.69, 9.17) is 9.84 Å². The molecule has 0 radical (unpaired) electrons. The van der Waals surface area contributed by atoms with Crippen LogP contribution in [0, 0.1) is 11.8 Å². The summed E-state index contributed by atoms with van der Waals surface area (Å²) in [5.41, 5.74) is 0. The highest BCUT2D eigenvalue weighted by Gasteiger charge is 2.26. The van der Waals surface area contributed by atoms with E-state index in [-0.39, 0.29) is 24.1 Å². The maximum atomic E-state index is 11.9. The zero-order valence-electron chi connectivity index (χ0n) is 13.2. The summed E-state index contributed by atoms with van der Waals surface area (Å²) in [4.78, 5) is 22.7. The lowest BCUT2D eigenvalue weighted by Crippen LogP contribution is -2.47. The van der Waals surface area contributed by atoms with Gasteiger partial charge in [-0.05, 0) is 31.6 Å². The highest BCUT2D eigenvalue weighted by atomic mass is 16.5. The van der Waals surface area contributed by atoms with E-state index in [0.717, 1.165) is 19.3 Å². The summed E-state index contributed by atoms with van der Waals surface area (Å²) < 4.78 is 5.38. The first kappa shape index (κ1) is 17.8. The lowest BCUT2D eigenvalue weighted by molar-refractivity contribution is -0.142. The van der Waals surface area contributed by atoms with Gasteiger partial charge in [-0.25, -0.2) is 4.79 Å². The number of methoxy groups -OCH3 is 1. The number of carboxylic acid groups (broad SMARTS) is 1.